The molecule has 2 aromatic rings. The van der Waals surface area contributed by atoms with Crippen LogP contribution in [0.15, 0.2) is 53.4 Å². The molecule has 0 fully saturated rings. The molecule has 0 aromatic heterocycles. The molecule has 1 atom stereocenters. The van der Waals surface area contributed by atoms with Crippen LogP contribution in [0.5, 0.6) is 11.5 Å². The van der Waals surface area contributed by atoms with E-state index >= 15 is 0 Å². The number of nitrogens with one attached hydrogen (secondary N) is 2. The Balaban J connectivity index is 2.11. The summed E-state index contributed by atoms with van der Waals surface area (Å²) in [4.78, 5) is 14.4. The van der Waals surface area contributed by atoms with Gasteiger partial charge in [-0.15, -0.1) is 0 Å². The van der Waals surface area contributed by atoms with E-state index in [9.17, 15) is 13.2 Å². The van der Waals surface area contributed by atoms with Gasteiger partial charge >= 0.3 is 0 Å². The summed E-state index contributed by atoms with van der Waals surface area (Å²) in [5.74, 6) is 0.689. The summed E-state index contributed by atoms with van der Waals surface area (Å²) in [5.41, 5.74) is 1.58. The Bertz CT molecular complexity index is 1040. The minimum Gasteiger partial charge on any atom is -0.497 e. The zero-order chi connectivity index (χ0) is 23.0. The van der Waals surface area contributed by atoms with Gasteiger partial charge in [0.25, 0.3) is 0 Å². The van der Waals surface area contributed by atoms with Crippen molar-refractivity contribution in [3.8, 4) is 11.5 Å². The van der Waals surface area contributed by atoms with Crippen LogP contribution in [0.3, 0.4) is 0 Å². The number of methoxy groups -OCH3 is 2. The summed E-state index contributed by atoms with van der Waals surface area (Å²) in [6.07, 6.45) is 2.93. The van der Waals surface area contributed by atoms with Crippen molar-refractivity contribution in [2.75, 3.05) is 41.9 Å². The van der Waals surface area contributed by atoms with Crippen LogP contribution in [0.4, 0.5) is 0 Å². The van der Waals surface area contributed by atoms with Crippen LogP contribution >= 0.6 is 0 Å². The number of carbonyl (C=O) groups excluding carboxylic acids is 1. The van der Waals surface area contributed by atoms with E-state index in [1.54, 1.807) is 25.3 Å². The molecule has 0 saturated heterocycles. The summed E-state index contributed by atoms with van der Waals surface area (Å²) in [6.45, 7) is 0.394. The lowest BCUT2D eigenvalue weighted by atomic mass is 10.1. The number of benzene rings is 2. The van der Waals surface area contributed by atoms with Gasteiger partial charge in [0.05, 0.1) is 20.3 Å². The fourth-order valence-electron chi connectivity index (χ4n) is 2.99. The molecule has 0 aliphatic heterocycles. The molecule has 8 nitrogen and oxygen atoms in total. The fourth-order valence-corrected chi connectivity index (χ4v) is 3.92. The van der Waals surface area contributed by atoms with Crippen molar-refractivity contribution in [1.29, 1.82) is 0 Å². The summed E-state index contributed by atoms with van der Waals surface area (Å²) < 4.78 is 37.0. The summed E-state index contributed by atoms with van der Waals surface area (Å²) in [7, 11) is 4.52. The highest BCUT2D eigenvalue weighted by Gasteiger charge is 2.18. The van der Waals surface area contributed by atoms with E-state index in [0.29, 0.717) is 12.1 Å². The number of amides is 1. The Hall–Kier alpha value is -2.88. The number of nitrogens with zero attached hydrogens (tertiary/aromatic N) is 1. The maximum atomic E-state index is 12.4. The van der Waals surface area contributed by atoms with Crippen molar-refractivity contribution in [3.63, 3.8) is 0 Å². The lowest BCUT2D eigenvalue weighted by Gasteiger charge is -2.25. The van der Waals surface area contributed by atoms with Gasteiger partial charge in [-0.3, -0.25) is 4.79 Å². The molecule has 0 heterocycles. The van der Waals surface area contributed by atoms with E-state index in [1.807, 2.05) is 43.3 Å². The molecule has 2 N–H and O–H groups in total. The molecule has 2 rings (SSSR count). The Kier molecular flexibility index (Phi) is 8.61. The van der Waals surface area contributed by atoms with Crippen LogP contribution in [-0.4, -0.2) is 61.1 Å². The van der Waals surface area contributed by atoms with E-state index in [4.69, 9.17) is 9.47 Å². The van der Waals surface area contributed by atoms with Gasteiger partial charge in [0.2, 0.25) is 15.9 Å². The highest BCUT2D eigenvalue weighted by molar-refractivity contribution is 7.89. The minimum atomic E-state index is -3.69. The molecule has 0 bridgehead atoms. The first-order valence-corrected chi connectivity index (χ1v) is 11.1. The van der Waals surface area contributed by atoms with E-state index in [1.165, 1.54) is 26.3 Å². The molecular weight excluding hydrogens is 418 g/mol. The van der Waals surface area contributed by atoms with Gasteiger partial charge in [0, 0.05) is 12.6 Å². The van der Waals surface area contributed by atoms with E-state index in [2.05, 4.69) is 10.0 Å². The highest BCUT2D eigenvalue weighted by atomic mass is 32.2. The van der Waals surface area contributed by atoms with Crippen molar-refractivity contribution in [2.45, 2.75) is 10.9 Å². The number of carbonyl (C=O) groups is 1. The second kappa shape index (κ2) is 10.9. The lowest BCUT2D eigenvalue weighted by molar-refractivity contribution is -0.116. The third-order valence-electron chi connectivity index (χ3n) is 4.74. The monoisotopic (exact) mass is 447 g/mol. The second-order valence-corrected chi connectivity index (χ2v) is 8.81. The van der Waals surface area contributed by atoms with Crippen LogP contribution in [0, 0.1) is 0 Å². The van der Waals surface area contributed by atoms with E-state index < -0.39 is 10.0 Å². The van der Waals surface area contributed by atoms with Crippen LogP contribution < -0.4 is 19.5 Å². The number of sulfonamides is 1. The number of ether oxygens (including phenoxy) is 2. The summed E-state index contributed by atoms with van der Waals surface area (Å²) >= 11 is 0. The first kappa shape index (κ1) is 24.4. The van der Waals surface area contributed by atoms with Gasteiger partial charge in [-0.05, 0) is 62.6 Å². The first-order valence-electron chi connectivity index (χ1n) is 9.59. The van der Waals surface area contributed by atoms with Crippen molar-refractivity contribution in [1.82, 2.24) is 14.9 Å². The normalized spacial score (nSPS) is 12.7. The smallest absolute Gasteiger partial charge is 0.244 e. The average molecular weight is 448 g/mol. The predicted molar refractivity (Wildman–Crippen MR) is 121 cm³/mol. The van der Waals surface area contributed by atoms with E-state index in [0.717, 1.165) is 11.3 Å². The van der Waals surface area contributed by atoms with Crippen LogP contribution in [-0.2, 0) is 14.8 Å². The molecule has 2 aromatic carbocycles. The average Bonchev–Trinajstić information content (AvgIpc) is 2.77. The zero-order valence-electron chi connectivity index (χ0n) is 18.4. The molecule has 31 heavy (non-hydrogen) atoms. The molecule has 0 radical (unpaired) electrons. The highest BCUT2D eigenvalue weighted by Crippen LogP contribution is 2.25. The molecule has 168 valence electrons. The number of hydrogen-bond acceptors (Lipinski definition) is 6. The predicted octanol–water partition coefficient (Wildman–Crippen LogP) is 2.04. The number of rotatable bonds is 10. The molecule has 0 aliphatic carbocycles. The summed E-state index contributed by atoms with van der Waals surface area (Å²) in [5, 5.41) is 2.89. The molecule has 1 amide bonds. The Labute approximate surface area is 183 Å². The van der Waals surface area contributed by atoms with Crippen molar-refractivity contribution in [2.24, 2.45) is 0 Å². The van der Waals surface area contributed by atoms with Crippen LogP contribution in [0.1, 0.15) is 17.2 Å². The molecule has 0 aliphatic rings. The summed E-state index contributed by atoms with van der Waals surface area (Å²) in [6, 6.07) is 12.3. The maximum absolute atomic E-state index is 12.4. The number of hydrogen-bond donors (Lipinski definition) is 2. The fraction of sp³-hybridized carbons (Fsp3) is 0.318. The molecule has 0 saturated carbocycles. The SMILES string of the molecule is CNS(=O)(=O)c1cc(/C=C/C(=O)NCC(c2cccc(OC)c2)N(C)C)ccc1OC. The molecular formula is C22H29N3O5S. The topological polar surface area (TPSA) is 97.0 Å². The third-order valence-corrected chi connectivity index (χ3v) is 6.18. The largest absolute Gasteiger partial charge is 0.497 e. The van der Waals surface area contributed by atoms with Gasteiger partial charge in [0.15, 0.2) is 0 Å². The molecule has 9 heteroatoms. The Morgan fingerprint density at radius 3 is 2.48 bits per heavy atom. The Morgan fingerprint density at radius 1 is 1.13 bits per heavy atom. The third kappa shape index (κ3) is 6.55. The molecule has 0 spiro atoms. The van der Waals surface area contributed by atoms with Gasteiger partial charge < -0.3 is 19.7 Å². The maximum Gasteiger partial charge on any atom is 0.244 e. The van der Waals surface area contributed by atoms with Gasteiger partial charge in [-0.2, -0.15) is 0 Å². The van der Waals surface area contributed by atoms with Crippen LogP contribution in [0.25, 0.3) is 6.08 Å². The quantitative estimate of drug-likeness (QED) is 0.541. The first-order chi connectivity index (χ1) is 14.7. The van der Waals surface area contributed by atoms with Crippen molar-refractivity contribution >= 4 is 22.0 Å². The Morgan fingerprint density at radius 2 is 1.87 bits per heavy atom. The van der Waals surface area contributed by atoms with Crippen molar-refractivity contribution < 1.29 is 22.7 Å². The standard InChI is InChI=1S/C22H29N3O5S/c1-23-31(27,28)21-13-16(9-11-20(21)30-5)10-12-22(26)24-15-19(25(2)3)17-7-6-8-18(14-17)29-4/h6-14,19,23H,15H2,1-5H3,(H,24,26)/b12-10+. The van der Waals surface area contributed by atoms with E-state index in [-0.39, 0.29) is 22.6 Å². The second-order valence-electron chi connectivity index (χ2n) is 6.95. The molecule has 1 unspecified atom stereocenters. The lowest BCUT2D eigenvalue weighted by Crippen LogP contribution is -2.33. The van der Waals surface area contributed by atoms with Crippen LogP contribution in [0.2, 0.25) is 0 Å². The van der Waals surface area contributed by atoms with Gasteiger partial charge in [0.1, 0.15) is 16.4 Å². The van der Waals surface area contributed by atoms with Crippen molar-refractivity contribution in [3.05, 3.63) is 59.7 Å². The minimum absolute atomic E-state index is 0.00533. The van der Waals surface area contributed by atoms with Gasteiger partial charge in [-0.25, -0.2) is 13.1 Å². The zero-order valence-corrected chi connectivity index (χ0v) is 19.2. The van der Waals surface area contributed by atoms with Gasteiger partial charge in [-0.1, -0.05) is 18.2 Å². The number of likely N-dealkylation sites (N-methyl/N-ethyl adjacent to an activating group) is 1.